The Bertz CT molecular complexity index is 1170. The molecule has 0 bridgehead atoms. The Balaban J connectivity index is 1.59. The number of hydrogen-bond donors (Lipinski definition) is 4. The van der Waals surface area contributed by atoms with Gasteiger partial charge in [0.2, 0.25) is 0 Å². The third-order valence-electron chi connectivity index (χ3n) is 5.12. The number of aliphatic hydroxyl groups is 3. The van der Waals surface area contributed by atoms with Crippen molar-refractivity contribution < 1.29 is 61.9 Å². The highest BCUT2D eigenvalue weighted by Crippen LogP contribution is 2.56. The zero-order valence-electron chi connectivity index (χ0n) is 18.1. The first-order chi connectivity index (χ1) is 16.1. The van der Waals surface area contributed by atoms with Crippen LogP contribution in [0.15, 0.2) is 15.8 Å². The maximum Gasteiger partial charge on any atom is 0.330 e. The Hall–Kier alpha value is -1.59. The smallest absolute Gasteiger partial charge is 0.330 e. The van der Waals surface area contributed by atoms with Crippen molar-refractivity contribution in [2.24, 2.45) is 0 Å². The fraction of sp³-hybridized carbons (Fsp3) is 0.688. The molecule has 2 aliphatic rings. The first-order valence-electron chi connectivity index (χ1n) is 9.97. The lowest BCUT2D eigenvalue weighted by Crippen LogP contribution is -2.54. The van der Waals surface area contributed by atoms with Gasteiger partial charge >= 0.3 is 5.69 Å². The second kappa shape index (κ2) is 10.4. The van der Waals surface area contributed by atoms with Crippen LogP contribution in [0.4, 0.5) is 0 Å². The third-order valence-corrected chi connectivity index (χ3v) is 7.65. The van der Waals surface area contributed by atoms with Crippen LogP contribution < -0.4 is 21.0 Å². The minimum Gasteiger partial charge on any atom is -0.756 e. The van der Waals surface area contributed by atoms with E-state index < -0.39 is 82.3 Å². The van der Waals surface area contributed by atoms with Gasteiger partial charge in [0.1, 0.15) is 30.6 Å². The third kappa shape index (κ3) is 6.60. The average molecular weight is 544 g/mol. The summed E-state index contributed by atoms with van der Waals surface area (Å²) >= 11 is 0. The zero-order chi connectivity index (χ0) is 26.3. The SMILES string of the molecule is Cc1cn([C@H]2C[C@H](O)[C@@H](COP(=O)([O-])OP(=O)([O-])O[C@H]3O[C@@H](C)C(=O)[C@@H](O)[C@H]3O)O2)c(=O)[nH]c1=O. The molecule has 0 amide bonds. The van der Waals surface area contributed by atoms with Crippen molar-refractivity contribution in [2.45, 2.75) is 63.3 Å². The lowest BCUT2D eigenvalue weighted by Gasteiger charge is -2.38. The predicted octanol–water partition coefficient (Wildman–Crippen LogP) is -3.48. The summed E-state index contributed by atoms with van der Waals surface area (Å²) in [4.78, 5) is 61.0. The molecule has 19 heteroatoms. The van der Waals surface area contributed by atoms with E-state index in [1.54, 1.807) is 0 Å². The molecule has 0 spiro atoms. The highest BCUT2D eigenvalue weighted by molar-refractivity contribution is 7.59. The molecule has 0 aromatic carbocycles. The fourth-order valence-corrected chi connectivity index (χ4v) is 5.37. The van der Waals surface area contributed by atoms with Gasteiger partial charge in [0.15, 0.2) is 12.1 Å². The summed E-state index contributed by atoms with van der Waals surface area (Å²) < 4.78 is 47.8. The molecule has 2 saturated heterocycles. The van der Waals surface area contributed by atoms with Gasteiger partial charge in [-0.3, -0.25) is 32.8 Å². The van der Waals surface area contributed by atoms with Gasteiger partial charge in [-0.1, -0.05) is 0 Å². The lowest BCUT2D eigenvalue weighted by atomic mass is 10.0. The van der Waals surface area contributed by atoms with Gasteiger partial charge in [-0.2, -0.15) is 0 Å². The molecule has 2 unspecified atom stereocenters. The quantitative estimate of drug-likeness (QED) is 0.232. The maximum atomic E-state index is 12.0. The van der Waals surface area contributed by atoms with Crippen molar-refractivity contribution in [3.8, 4) is 0 Å². The first-order valence-corrected chi connectivity index (χ1v) is 12.9. The molecule has 35 heavy (non-hydrogen) atoms. The minimum absolute atomic E-state index is 0.171. The standard InChI is InChI=1S/C16H24N2O15P2/c1-6-4-18(16(24)17-14(6)23)10-3-8(19)9(31-10)5-29-34(25,26)33-35(27,28)32-15-13(22)12(21)11(20)7(2)30-15/h4,7-10,12-13,15,19,21-22H,3,5H2,1-2H3,(H,25,26)(H,27,28)(H,17,23,24)/p-2/t7-,8-,9+,10+,12+,13+,15+/m0/s1. The number of phosphoric ester groups is 2. The van der Waals surface area contributed by atoms with Crippen LogP contribution in [0.1, 0.15) is 25.1 Å². The first kappa shape index (κ1) is 28.0. The number of H-pyrrole nitrogens is 1. The van der Waals surface area contributed by atoms with E-state index in [2.05, 4.69) is 13.4 Å². The number of aliphatic hydroxyl groups excluding tert-OH is 3. The van der Waals surface area contributed by atoms with E-state index in [4.69, 9.17) is 9.47 Å². The number of rotatable bonds is 8. The molecule has 0 saturated carbocycles. The number of nitrogens with zero attached hydrogens (tertiary/aromatic N) is 1. The average Bonchev–Trinajstić information content (AvgIpc) is 3.11. The van der Waals surface area contributed by atoms with E-state index in [-0.39, 0.29) is 12.0 Å². The van der Waals surface area contributed by atoms with Crippen molar-refractivity contribution in [3.05, 3.63) is 32.6 Å². The van der Waals surface area contributed by atoms with Gasteiger partial charge in [0.05, 0.1) is 12.7 Å². The van der Waals surface area contributed by atoms with E-state index in [1.807, 2.05) is 4.98 Å². The van der Waals surface area contributed by atoms with Gasteiger partial charge in [0.25, 0.3) is 21.2 Å². The summed E-state index contributed by atoms with van der Waals surface area (Å²) in [6, 6.07) is 0. The number of Topliss-reactive ketones (excluding diaryl/α,β-unsaturated/α-hetero) is 1. The lowest BCUT2D eigenvalue weighted by molar-refractivity contribution is -0.276. The van der Waals surface area contributed by atoms with Gasteiger partial charge in [-0.05, 0) is 13.8 Å². The number of ketones is 1. The molecule has 2 aliphatic heterocycles. The summed E-state index contributed by atoms with van der Waals surface area (Å²) in [6.45, 7) is 1.63. The highest BCUT2D eigenvalue weighted by atomic mass is 31.3. The molecule has 2 fully saturated rings. The summed E-state index contributed by atoms with van der Waals surface area (Å²) in [7, 11) is -11.4. The Morgan fingerprint density at radius 2 is 1.83 bits per heavy atom. The molecule has 0 aliphatic carbocycles. The fourth-order valence-electron chi connectivity index (χ4n) is 3.29. The second-order valence-corrected chi connectivity index (χ2v) is 10.7. The number of aromatic nitrogens is 2. The van der Waals surface area contributed by atoms with E-state index in [9.17, 15) is 48.6 Å². The number of phosphoric acid groups is 2. The Kier molecular flexibility index (Phi) is 8.33. The Morgan fingerprint density at radius 1 is 1.17 bits per heavy atom. The second-order valence-electron chi connectivity index (χ2n) is 7.77. The van der Waals surface area contributed by atoms with Crippen LogP contribution in [-0.4, -0.2) is 74.1 Å². The van der Waals surface area contributed by atoms with Crippen LogP contribution in [0.2, 0.25) is 0 Å². The van der Waals surface area contributed by atoms with Gasteiger partial charge < -0.3 is 39.1 Å². The number of carbonyl (C=O) groups excluding carboxylic acids is 1. The normalized spacial score (nSPS) is 34.9. The van der Waals surface area contributed by atoms with Crippen LogP contribution in [-0.2, 0) is 36.8 Å². The van der Waals surface area contributed by atoms with Crippen molar-refractivity contribution in [3.63, 3.8) is 0 Å². The predicted molar refractivity (Wildman–Crippen MR) is 105 cm³/mol. The summed E-state index contributed by atoms with van der Waals surface area (Å²) in [5.41, 5.74) is -1.29. The van der Waals surface area contributed by atoms with E-state index in [0.29, 0.717) is 0 Å². The van der Waals surface area contributed by atoms with Crippen LogP contribution in [0.3, 0.4) is 0 Å². The molecule has 9 atom stereocenters. The van der Waals surface area contributed by atoms with E-state index in [0.717, 1.165) is 11.5 Å². The molecule has 3 heterocycles. The summed E-state index contributed by atoms with van der Waals surface area (Å²) in [5.74, 6) is -0.954. The minimum atomic E-state index is -5.79. The van der Waals surface area contributed by atoms with Crippen molar-refractivity contribution in [1.82, 2.24) is 9.55 Å². The molecule has 1 aromatic heterocycles. The van der Waals surface area contributed by atoms with Gasteiger partial charge in [0, 0.05) is 18.2 Å². The number of ether oxygens (including phenoxy) is 2. The number of aryl methyl sites for hydroxylation is 1. The number of hydrogen-bond acceptors (Lipinski definition) is 15. The maximum absolute atomic E-state index is 12.0. The van der Waals surface area contributed by atoms with Gasteiger partial charge in [-0.25, -0.2) is 9.11 Å². The van der Waals surface area contributed by atoms with Crippen LogP contribution in [0, 0.1) is 6.92 Å². The monoisotopic (exact) mass is 544 g/mol. The largest absolute Gasteiger partial charge is 0.756 e. The summed E-state index contributed by atoms with van der Waals surface area (Å²) in [5, 5.41) is 29.4. The molecule has 3 rings (SSSR count). The Labute approximate surface area is 196 Å². The molecule has 17 nitrogen and oxygen atoms in total. The van der Waals surface area contributed by atoms with Crippen LogP contribution >= 0.6 is 15.6 Å². The number of aromatic amines is 1. The molecule has 198 valence electrons. The van der Waals surface area contributed by atoms with E-state index in [1.165, 1.54) is 13.1 Å². The number of nitrogens with one attached hydrogen (secondary N) is 1. The molecule has 4 N–H and O–H groups in total. The van der Waals surface area contributed by atoms with Gasteiger partial charge in [-0.15, -0.1) is 0 Å². The Morgan fingerprint density at radius 3 is 2.49 bits per heavy atom. The van der Waals surface area contributed by atoms with Crippen molar-refractivity contribution in [1.29, 1.82) is 0 Å². The van der Waals surface area contributed by atoms with Crippen LogP contribution in [0.5, 0.6) is 0 Å². The number of carbonyl (C=O) groups is 1. The molecular formula is C16H22N2O15P2-2. The molecular weight excluding hydrogens is 522 g/mol. The topological polar surface area (TPSA) is 259 Å². The van der Waals surface area contributed by atoms with E-state index >= 15 is 0 Å². The highest BCUT2D eigenvalue weighted by Gasteiger charge is 2.44. The zero-order valence-corrected chi connectivity index (χ0v) is 19.9. The molecule has 1 aromatic rings. The van der Waals surface area contributed by atoms with Crippen molar-refractivity contribution in [2.75, 3.05) is 6.61 Å². The molecule has 0 radical (unpaired) electrons. The van der Waals surface area contributed by atoms with Crippen LogP contribution in [0.25, 0.3) is 0 Å². The summed E-state index contributed by atoms with van der Waals surface area (Å²) in [6.07, 6.45) is -10.5. The van der Waals surface area contributed by atoms with Crippen molar-refractivity contribution >= 4 is 21.4 Å².